The maximum atomic E-state index is 12.5. The van der Waals surface area contributed by atoms with E-state index in [9.17, 15) is 14.4 Å². The highest BCUT2D eigenvalue weighted by Crippen LogP contribution is 2.33. The molecule has 1 atom stereocenters. The van der Waals surface area contributed by atoms with E-state index in [1.54, 1.807) is 25.1 Å². The van der Waals surface area contributed by atoms with E-state index >= 15 is 0 Å². The van der Waals surface area contributed by atoms with Crippen LogP contribution in [-0.4, -0.2) is 35.5 Å². The molecule has 116 valence electrons. The molecule has 2 heterocycles. The number of aromatic nitrogens is 1. The van der Waals surface area contributed by atoms with Gasteiger partial charge in [0.15, 0.2) is 11.7 Å². The highest BCUT2D eigenvalue weighted by molar-refractivity contribution is 6.24. The number of pyridine rings is 1. The summed E-state index contributed by atoms with van der Waals surface area (Å²) in [5.41, 5.74) is 6.66. The summed E-state index contributed by atoms with van der Waals surface area (Å²) in [4.78, 5) is 43.8. The van der Waals surface area contributed by atoms with Crippen molar-refractivity contribution >= 4 is 40.5 Å². The lowest BCUT2D eigenvalue weighted by molar-refractivity contribution is -0.144. The summed E-state index contributed by atoms with van der Waals surface area (Å²) in [5, 5.41) is 0.639. The zero-order valence-electron chi connectivity index (χ0n) is 12.3. The van der Waals surface area contributed by atoms with E-state index in [0.29, 0.717) is 22.2 Å². The van der Waals surface area contributed by atoms with E-state index in [0.717, 1.165) is 0 Å². The molecule has 1 aromatic heterocycles. The van der Waals surface area contributed by atoms with E-state index in [2.05, 4.69) is 9.98 Å². The third-order valence-electron chi connectivity index (χ3n) is 3.55. The summed E-state index contributed by atoms with van der Waals surface area (Å²) in [6, 6.07) is 4.80. The van der Waals surface area contributed by atoms with Crippen LogP contribution < -0.4 is 5.73 Å². The summed E-state index contributed by atoms with van der Waals surface area (Å²) in [6.45, 7) is 1.86. The molecule has 23 heavy (non-hydrogen) atoms. The lowest BCUT2D eigenvalue weighted by Gasteiger charge is -2.17. The summed E-state index contributed by atoms with van der Waals surface area (Å²) >= 11 is 0. The predicted octanol–water partition coefficient (Wildman–Crippen LogP) is 1.41. The first-order valence-corrected chi connectivity index (χ1v) is 7.00. The number of nitrogens with two attached hydrogens (primary N) is 1. The average molecular weight is 311 g/mol. The molecule has 7 nitrogen and oxygen atoms in total. The Morgan fingerprint density at radius 3 is 2.83 bits per heavy atom. The van der Waals surface area contributed by atoms with Gasteiger partial charge < -0.3 is 10.5 Å². The number of rotatable bonds is 3. The number of ether oxygens (including phenoxy) is 1. The molecule has 0 aliphatic carbocycles. The quantitative estimate of drug-likeness (QED) is 0.680. The SMILES string of the molecule is CCOC(=O)C1C=Nc2c(ccc3cc(C(N)=O)cnc23)C1=O. The fraction of sp³-hybridized carbons (Fsp3) is 0.188. The first-order valence-electron chi connectivity index (χ1n) is 7.00. The van der Waals surface area contributed by atoms with Crippen LogP contribution >= 0.6 is 0 Å². The van der Waals surface area contributed by atoms with E-state index in [1.807, 2.05) is 0 Å². The Kier molecular flexibility index (Phi) is 3.61. The van der Waals surface area contributed by atoms with Gasteiger partial charge in [-0.05, 0) is 19.1 Å². The van der Waals surface area contributed by atoms with Gasteiger partial charge in [0.05, 0.1) is 23.4 Å². The number of carbonyl (C=O) groups is 3. The van der Waals surface area contributed by atoms with Crippen LogP contribution in [0.25, 0.3) is 10.9 Å². The smallest absolute Gasteiger partial charge is 0.322 e. The Hall–Kier alpha value is -3.09. The molecule has 0 radical (unpaired) electrons. The van der Waals surface area contributed by atoms with Gasteiger partial charge in [0.2, 0.25) is 5.91 Å². The number of carbonyl (C=O) groups excluding carboxylic acids is 3. The number of benzene rings is 1. The highest BCUT2D eigenvalue weighted by Gasteiger charge is 2.32. The van der Waals surface area contributed by atoms with Gasteiger partial charge in [0.1, 0.15) is 0 Å². The lowest BCUT2D eigenvalue weighted by Crippen LogP contribution is -2.29. The zero-order valence-corrected chi connectivity index (χ0v) is 12.3. The van der Waals surface area contributed by atoms with Crippen molar-refractivity contribution in [3.05, 3.63) is 35.5 Å². The molecular weight excluding hydrogens is 298 g/mol. The zero-order chi connectivity index (χ0) is 16.6. The average Bonchev–Trinajstić information content (AvgIpc) is 2.54. The monoisotopic (exact) mass is 311 g/mol. The van der Waals surface area contributed by atoms with Gasteiger partial charge in [-0.2, -0.15) is 0 Å². The van der Waals surface area contributed by atoms with Crippen molar-refractivity contribution in [1.29, 1.82) is 0 Å². The molecule has 0 fully saturated rings. The number of ketones is 1. The highest BCUT2D eigenvalue weighted by atomic mass is 16.5. The Morgan fingerprint density at radius 2 is 2.13 bits per heavy atom. The van der Waals surface area contributed by atoms with Gasteiger partial charge in [-0.25, -0.2) is 0 Å². The van der Waals surface area contributed by atoms with Gasteiger partial charge in [0, 0.05) is 23.4 Å². The number of amides is 1. The van der Waals surface area contributed by atoms with Crippen molar-refractivity contribution in [2.45, 2.75) is 6.92 Å². The van der Waals surface area contributed by atoms with E-state index in [-0.39, 0.29) is 18.0 Å². The Balaban J connectivity index is 2.09. The number of esters is 1. The van der Waals surface area contributed by atoms with Gasteiger partial charge in [-0.1, -0.05) is 6.07 Å². The standard InChI is InChI=1S/C16H13N3O4/c1-2-23-16(22)11-7-19-13-10(14(11)20)4-3-8-5-9(15(17)21)6-18-12(8)13/h3-7,11H,2H2,1H3,(H2,17,21). The number of hydrogen-bond acceptors (Lipinski definition) is 6. The Morgan fingerprint density at radius 1 is 1.35 bits per heavy atom. The first-order chi connectivity index (χ1) is 11.0. The fourth-order valence-corrected chi connectivity index (χ4v) is 2.43. The minimum absolute atomic E-state index is 0.193. The third kappa shape index (κ3) is 2.46. The van der Waals surface area contributed by atoms with Crippen LogP contribution in [0.5, 0.6) is 0 Å². The first kappa shape index (κ1) is 14.8. The van der Waals surface area contributed by atoms with Gasteiger partial charge in [-0.3, -0.25) is 24.4 Å². The van der Waals surface area contributed by atoms with Crippen LogP contribution in [-0.2, 0) is 9.53 Å². The molecule has 1 aromatic carbocycles. The Labute approximate surface area is 131 Å². The molecular formula is C16H13N3O4. The maximum absolute atomic E-state index is 12.5. The molecule has 1 aliphatic heterocycles. The molecule has 2 aromatic rings. The van der Waals surface area contributed by atoms with E-state index in [4.69, 9.17) is 10.5 Å². The normalized spacial score (nSPS) is 16.2. The third-order valence-corrected chi connectivity index (χ3v) is 3.55. The molecule has 0 saturated carbocycles. The van der Waals surface area contributed by atoms with Gasteiger partial charge >= 0.3 is 5.97 Å². The van der Waals surface area contributed by atoms with Crippen molar-refractivity contribution in [3.8, 4) is 0 Å². The van der Waals surface area contributed by atoms with E-state index in [1.165, 1.54) is 12.4 Å². The second-order valence-corrected chi connectivity index (χ2v) is 4.99. The van der Waals surface area contributed by atoms with Gasteiger partial charge in [0.25, 0.3) is 0 Å². The molecule has 1 amide bonds. The van der Waals surface area contributed by atoms with Crippen molar-refractivity contribution in [2.75, 3.05) is 6.61 Å². The summed E-state index contributed by atoms with van der Waals surface area (Å²) in [5.74, 6) is -2.62. The van der Waals surface area contributed by atoms with E-state index < -0.39 is 17.8 Å². The number of Topliss-reactive ketones (excluding diaryl/α,β-unsaturated/α-hetero) is 1. The van der Waals surface area contributed by atoms with Crippen LogP contribution in [0.2, 0.25) is 0 Å². The largest absolute Gasteiger partial charge is 0.465 e. The van der Waals surface area contributed by atoms with Crippen molar-refractivity contribution in [3.63, 3.8) is 0 Å². The number of nitrogens with zero attached hydrogens (tertiary/aromatic N) is 2. The lowest BCUT2D eigenvalue weighted by atomic mass is 9.93. The minimum Gasteiger partial charge on any atom is -0.465 e. The van der Waals surface area contributed by atoms with Crippen LogP contribution in [0.4, 0.5) is 5.69 Å². The molecule has 0 spiro atoms. The number of fused-ring (bicyclic) bond motifs is 3. The molecule has 0 saturated heterocycles. The fourth-order valence-electron chi connectivity index (χ4n) is 2.43. The maximum Gasteiger partial charge on any atom is 0.322 e. The molecule has 2 N–H and O–H groups in total. The topological polar surface area (TPSA) is 112 Å². The second kappa shape index (κ2) is 5.60. The predicted molar refractivity (Wildman–Crippen MR) is 82.9 cm³/mol. The summed E-state index contributed by atoms with van der Waals surface area (Å²) in [7, 11) is 0. The van der Waals surface area contributed by atoms with Crippen molar-refractivity contribution in [2.24, 2.45) is 16.6 Å². The van der Waals surface area contributed by atoms with Crippen LogP contribution in [0.3, 0.4) is 0 Å². The number of primary amides is 1. The summed E-state index contributed by atoms with van der Waals surface area (Å²) in [6.07, 6.45) is 2.61. The van der Waals surface area contributed by atoms with Crippen LogP contribution in [0.15, 0.2) is 29.4 Å². The van der Waals surface area contributed by atoms with Crippen molar-refractivity contribution in [1.82, 2.24) is 4.98 Å². The molecule has 0 bridgehead atoms. The van der Waals surface area contributed by atoms with Crippen molar-refractivity contribution < 1.29 is 19.1 Å². The molecule has 1 aliphatic rings. The van der Waals surface area contributed by atoms with Crippen LogP contribution in [0.1, 0.15) is 27.6 Å². The number of aliphatic imine (C=N–C) groups is 1. The molecule has 3 rings (SSSR count). The van der Waals surface area contributed by atoms with Gasteiger partial charge in [-0.15, -0.1) is 0 Å². The Bertz CT molecular complexity index is 873. The number of hydrogen-bond donors (Lipinski definition) is 1. The van der Waals surface area contributed by atoms with Crippen LogP contribution in [0, 0.1) is 5.92 Å². The molecule has 7 heteroatoms. The minimum atomic E-state index is -1.04. The summed E-state index contributed by atoms with van der Waals surface area (Å²) < 4.78 is 4.88. The second-order valence-electron chi connectivity index (χ2n) is 4.99. The molecule has 1 unspecified atom stereocenters.